The molecule has 1 saturated heterocycles. The smallest absolute Gasteiger partial charge is 0.343 e. The quantitative estimate of drug-likeness (QED) is 0.143. The SMILES string of the molecule is Cc1ccc(C(=O)Oc2ccc(C(=O)COC(=O)[C@@H]3CC(=O)N(c4ccc(C)c([N+](=O)[O-])c4)C3)cc2)cc1. The topological polar surface area (TPSA) is 133 Å². The van der Waals surface area contributed by atoms with Gasteiger partial charge in [-0.25, -0.2) is 4.79 Å². The number of aryl methyl sites for hydroxylation is 2. The second-order valence-electron chi connectivity index (χ2n) is 8.94. The van der Waals surface area contributed by atoms with Crippen molar-refractivity contribution in [3.05, 3.63) is 99.1 Å². The summed E-state index contributed by atoms with van der Waals surface area (Å²) in [6.45, 7) is 2.97. The van der Waals surface area contributed by atoms with Crippen LogP contribution in [-0.2, 0) is 14.3 Å². The molecule has 1 aliphatic heterocycles. The van der Waals surface area contributed by atoms with Gasteiger partial charge in [0.25, 0.3) is 5.69 Å². The molecule has 10 nitrogen and oxygen atoms in total. The largest absolute Gasteiger partial charge is 0.457 e. The number of hydrogen-bond acceptors (Lipinski definition) is 8. The number of benzene rings is 3. The Morgan fingerprint density at radius 3 is 2.29 bits per heavy atom. The summed E-state index contributed by atoms with van der Waals surface area (Å²) in [5.41, 5.74) is 2.32. The van der Waals surface area contributed by atoms with Gasteiger partial charge in [-0.1, -0.05) is 23.8 Å². The number of amides is 1. The monoisotopic (exact) mass is 516 g/mol. The van der Waals surface area contributed by atoms with Gasteiger partial charge in [0.2, 0.25) is 5.91 Å². The van der Waals surface area contributed by atoms with Gasteiger partial charge < -0.3 is 14.4 Å². The molecule has 0 unspecified atom stereocenters. The van der Waals surface area contributed by atoms with Crippen LogP contribution in [0, 0.1) is 29.9 Å². The summed E-state index contributed by atoms with van der Waals surface area (Å²) in [5.74, 6) is -2.63. The Kier molecular flexibility index (Phi) is 7.61. The average Bonchev–Trinajstić information content (AvgIpc) is 3.29. The van der Waals surface area contributed by atoms with Gasteiger partial charge in [0.15, 0.2) is 12.4 Å². The first-order chi connectivity index (χ1) is 18.1. The molecule has 194 valence electrons. The highest BCUT2D eigenvalue weighted by molar-refractivity contribution is 6.01. The Labute approximate surface area is 217 Å². The van der Waals surface area contributed by atoms with E-state index in [9.17, 15) is 29.3 Å². The number of esters is 2. The van der Waals surface area contributed by atoms with E-state index in [4.69, 9.17) is 9.47 Å². The number of hydrogen-bond donors (Lipinski definition) is 0. The van der Waals surface area contributed by atoms with Gasteiger partial charge in [-0.3, -0.25) is 24.5 Å². The summed E-state index contributed by atoms with van der Waals surface area (Å²) in [7, 11) is 0. The van der Waals surface area contributed by atoms with Crippen molar-refractivity contribution in [1.29, 1.82) is 0 Å². The van der Waals surface area contributed by atoms with Crippen molar-refractivity contribution < 1.29 is 33.6 Å². The normalized spacial score (nSPS) is 14.7. The summed E-state index contributed by atoms with van der Waals surface area (Å²) in [5, 5.41) is 11.2. The third-order valence-electron chi connectivity index (χ3n) is 6.18. The van der Waals surface area contributed by atoms with Crippen LogP contribution in [-0.4, -0.2) is 41.7 Å². The van der Waals surface area contributed by atoms with E-state index < -0.39 is 35.2 Å². The van der Waals surface area contributed by atoms with Crippen LogP contribution in [0.2, 0.25) is 0 Å². The molecule has 1 aliphatic rings. The van der Waals surface area contributed by atoms with Crippen molar-refractivity contribution in [2.75, 3.05) is 18.1 Å². The number of carbonyl (C=O) groups is 4. The number of nitro benzene ring substituents is 1. The number of nitro groups is 1. The fraction of sp³-hybridized carbons (Fsp3) is 0.214. The molecule has 10 heteroatoms. The molecule has 1 amide bonds. The number of carbonyl (C=O) groups excluding carboxylic acids is 4. The van der Waals surface area contributed by atoms with Gasteiger partial charge in [-0.2, -0.15) is 0 Å². The van der Waals surface area contributed by atoms with Gasteiger partial charge >= 0.3 is 11.9 Å². The van der Waals surface area contributed by atoms with E-state index in [-0.39, 0.29) is 35.9 Å². The second-order valence-corrected chi connectivity index (χ2v) is 8.94. The van der Waals surface area contributed by atoms with Gasteiger partial charge in [0.1, 0.15) is 5.75 Å². The maximum absolute atomic E-state index is 12.5. The average molecular weight is 517 g/mol. The number of Topliss-reactive ketones (excluding diaryl/α,β-unsaturated/α-hetero) is 1. The molecule has 0 aliphatic carbocycles. The van der Waals surface area contributed by atoms with Gasteiger partial charge in [-0.15, -0.1) is 0 Å². The molecule has 1 atom stereocenters. The molecule has 1 fully saturated rings. The lowest BCUT2D eigenvalue weighted by atomic mass is 10.1. The van der Waals surface area contributed by atoms with E-state index in [2.05, 4.69) is 0 Å². The van der Waals surface area contributed by atoms with E-state index in [1.165, 1.54) is 35.2 Å². The predicted molar refractivity (Wildman–Crippen MR) is 136 cm³/mol. The fourth-order valence-electron chi connectivity index (χ4n) is 3.98. The van der Waals surface area contributed by atoms with Gasteiger partial charge in [-0.05, 0) is 56.3 Å². The van der Waals surface area contributed by atoms with E-state index in [1.54, 1.807) is 43.3 Å². The molecule has 0 radical (unpaired) electrons. The Morgan fingerprint density at radius 2 is 1.63 bits per heavy atom. The maximum Gasteiger partial charge on any atom is 0.343 e. The van der Waals surface area contributed by atoms with Crippen molar-refractivity contribution in [3.63, 3.8) is 0 Å². The summed E-state index contributed by atoms with van der Waals surface area (Å²) >= 11 is 0. The highest BCUT2D eigenvalue weighted by atomic mass is 16.6. The molecule has 0 spiro atoms. The third-order valence-corrected chi connectivity index (χ3v) is 6.18. The maximum atomic E-state index is 12.5. The number of ketones is 1. The van der Waals surface area contributed by atoms with Crippen LogP contribution in [0.15, 0.2) is 66.7 Å². The molecule has 0 aromatic heterocycles. The van der Waals surface area contributed by atoms with E-state index >= 15 is 0 Å². The van der Waals surface area contributed by atoms with Crippen LogP contribution in [0.1, 0.15) is 38.3 Å². The molecule has 3 aromatic rings. The molecule has 38 heavy (non-hydrogen) atoms. The zero-order valence-corrected chi connectivity index (χ0v) is 20.7. The molecule has 1 heterocycles. The minimum Gasteiger partial charge on any atom is -0.457 e. The van der Waals surface area contributed by atoms with Crippen molar-refractivity contribution >= 4 is 35.0 Å². The summed E-state index contributed by atoms with van der Waals surface area (Å²) in [4.78, 5) is 61.8. The zero-order chi connectivity index (χ0) is 27.4. The number of rotatable bonds is 8. The highest BCUT2D eigenvalue weighted by Crippen LogP contribution is 2.30. The molecule has 0 saturated carbocycles. The Hall–Kier alpha value is -4.86. The summed E-state index contributed by atoms with van der Waals surface area (Å²) in [6.07, 6.45) is -0.129. The van der Waals surface area contributed by atoms with Crippen LogP contribution in [0.25, 0.3) is 0 Å². The van der Waals surface area contributed by atoms with Crippen LogP contribution < -0.4 is 9.64 Å². The van der Waals surface area contributed by atoms with Crippen LogP contribution in [0.3, 0.4) is 0 Å². The second kappa shape index (κ2) is 11.0. The number of ether oxygens (including phenoxy) is 2. The van der Waals surface area contributed by atoms with Crippen molar-refractivity contribution in [2.45, 2.75) is 20.3 Å². The van der Waals surface area contributed by atoms with Gasteiger partial charge in [0.05, 0.1) is 22.1 Å². The van der Waals surface area contributed by atoms with E-state index in [1.807, 2.05) is 6.92 Å². The van der Waals surface area contributed by atoms with Crippen LogP contribution >= 0.6 is 0 Å². The van der Waals surface area contributed by atoms with Crippen LogP contribution in [0.5, 0.6) is 5.75 Å². The Bertz CT molecular complexity index is 1410. The fourth-order valence-corrected chi connectivity index (χ4v) is 3.98. The van der Waals surface area contributed by atoms with Crippen molar-refractivity contribution in [1.82, 2.24) is 0 Å². The first-order valence-electron chi connectivity index (χ1n) is 11.8. The van der Waals surface area contributed by atoms with Crippen molar-refractivity contribution in [2.24, 2.45) is 5.92 Å². The summed E-state index contributed by atoms with van der Waals surface area (Å²) < 4.78 is 10.5. The van der Waals surface area contributed by atoms with Crippen LogP contribution in [0.4, 0.5) is 11.4 Å². The highest BCUT2D eigenvalue weighted by Gasteiger charge is 2.37. The van der Waals surface area contributed by atoms with Gasteiger partial charge in [0, 0.05) is 30.2 Å². The number of anilines is 1. The lowest BCUT2D eigenvalue weighted by Gasteiger charge is -2.16. The minimum absolute atomic E-state index is 0.00683. The zero-order valence-electron chi connectivity index (χ0n) is 20.7. The first kappa shape index (κ1) is 26.2. The predicted octanol–water partition coefficient (Wildman–Crippen LogP) is 4.21. The lowest BCUT2D eigenvalue weighted by Crippen LogP contribution is -2.27. The Balaban J connectivity index is 1.31. The molecule has 0 bridgehead atoms. The van der Waals surface area contributed by atoms with E-state index in [0.717, 1.165) is 5.56 Å². The van der Waals surface area contributed by atoms with Crippen molar-refractivity contribution in [3.8, 4) is 5.75 Å². The Morgan fingerprint density at radius 1 is 0.974 bits per heavy atom. The molecule has 4 rings (SSSR count). The molecular weight excluding hydrogens is 492 g/mol. The minimum atomic E-state index is -0.806. The molecule has 0 N–H and O–H groups in total. The molecule has 3 aromatic carbocycles. The summed E-state index contributed by atoms with van der Waals surface area (Å²) in [6, 6.07) is 17.2. The first-order valence-corrected chi connectivity index (χ1v) is 11.8. The third kappa shape index (κ3) is 5.92. The molecular formula is C28H24N2O8. The number of nitrogens with zero attached hydrogens (tertiary/aromatic N) is 2. The van der Waals surface area contributed by atoms with E-state index in [0.29, 0.717) is 16.8 Å². The standard InChI is InChI=1S/C28H24N2O8/c1-17-3-6-20(7-4-17)28(34)38-23-11-8-19(9-12-23)25(31)16-37-27(33)21-13-26(32)29(15-21)22-10-5-18(2)24(14-22)30(35)36/h3-12,14,21H,13,15-16H2,1-2H3/t21-/m1/s1. The lowest BCUT2D eigenvalue weighted by molar-refractivity contribution is -0.385.